The van der Waals surface area contributed by atoms with E-state index in [0.29, 0.717) is 0 Å². The van der Waals surface area contributed by atoms with Gasteiger partial charge in [0.1, 0.15) is 12.1 Å². The summed E-state index contributed by atoms with van der Waals surface area (Å²) in [5, 5.41) is 23.4. The van der Waals surface area contributed by atoms with Crippen LogP contribution in [-0.2, 0) is 25.6 Å². The van der Waals surface area contributed by atoms with E-state index in [1.165, 1.54) is 0 Å². The normalized spacial score (nSPS) is 14.3. The molecule has 3 unspecified atom stereocenters. The molecule has 1 aromatic rings. The number of benzene rings is 1. The van der Waals surface area contributed by atoms with Gasteiger partial charge in [-0.05, 0) is 17.4 Å². The highest BCUT2D eigenvalue weighted by Crippen LogP contribution is 2.25. The Hall–Kier alpha value is -2.90. The van der Waals surface area contributed by atoms with Crippen molar-refractivity contribution in [1.82, 2.24) is 10.6 Å². The number of nitrogens with one attached hydrogen (secondary N) is 2. The SMILES string of the molecule is CC(C(=O)NC(CCC(=O)O)C(=O)NC(Cc1ccccc1)C(=O)O)C(C)(C)C. The molecule has 0 spiro atoms. The second kappa shape index (κ2) is 10.6. The van der Waals surface area contributed by atoms with Gasteiger partial charge < -0.3 is 20.8 Å². The number of hydrogen-bond donors (Lipinski definition) is 4. The van der Waals surface area contributed by atoms with Crippen LogP contribution in [0.15, 0.2) is 30.3 Å². The zero-order valence-electron chi connectivity index (χ0n) is 17.3. The first-order chi connectivity index (χ1) is 13.4. The van der Waals surface area contributed by atoms with Crippen LogP contribution in [-0.4, -0.2) is 46.0 Å². The van der Waals surface area contributed by atoms with Crippen molar-refractivity contribution in [2.75, 3.05) is 0 Å². The average molecular weight is 406 g/mol. The van der Waals surface area contributed by atoms with Crippen LogP contribution in [0.4, 0.5) is 0 Å². The number of carboxylic acid groups (broad SMARTS) is 2. The van der Waals surface area contributed by atoms with Crippen molar-refractivity contribution in [3.8, 4) is 0 Å². The van der Waals surface area contributed by atoms with Gasteiger partial charge in [0, 0.05) is 18.8 Å². The smallest absolute Gasteiger partial charge is 0.326 e. The molecule has 0 saturated heterocycles. The van der Waals surface area contributed by atoms with Crippen LogP contribution in [0.5, 0.6) is 0 Å². The fourth-order valence-corrected chi connectivity index (χ4v) is 2.55. The predicted octanol–water partition coefficient (Wildman–Crippen LogP) is 1.83. The summed E-state index contributed by atoms with van der Waals surface area (Å²) < 4.78 is 0. The van der Waals surface area contributed by atoms with E-state index in [9.17, 15) is 24.3 Å². The molecule has 160 valence electrons. The quantitative estimate of drug-likeness (QED) is 0.469. The predicted molar refractivity (Wildman–Crippen MR) is 107 cm³/mol. The summed E-state index contributed by atoms with van der Waals surface area (Å²) >= 11 is 0. The first-order valence-electron chi connectivity index (χ1n) is 9.51. The van der Waals surface area contributed by atoms with Crippen molar-refractivity contribution in [3.05, 3.63) is 35.9 Å². The van der Waals surface area contributed by atoms with Gasteiger partial charge in [-0.2, -0.15) is 0 Å². The fourth-order valence-electron chi connectivity index (χ4n) is 2.55. The maximum atomic E-state index is 12.7. The highest BCUT2D eigenvalue weighted by atomic mass is 16.4. The topological polar surface area (TPSA) is 133 Å². The van der Waals surface area contributed by atoms with E-state index in [0.717, 1.165) is 5.56 Å². The number of aliphatic carboxylic acids is 2. The van der Waals surface area contributed by atoms with Crippen molar-refractivity contribution in [1.29, 1.82) is 0 Å². The molecule has 0 fully saturated rings. The van der Waals surface area contributed by atoms with E-state index in [2.05, 4.69) is 10.6 Å². The summed E-state index contributed by atoms with van der Waals surface area (Å²) in [5.74, 6) is -3.86. The van der Waals surface area contributed by atoms with Crippen molar-refractivity contribution < 1.29 is 29.4 Å². The third-order valence-corrected chi connectivity index (χ3v) is 4.87. The third-order valence-electron chi connectivity index (χ3n) is 4.87. The molecule has 3 atom stereocenters. The van der Waals surface area contributed by atoms with E-state index in [1.54, 1.807) is 37.3 Å². The average Bonchev–Trinajstić information content (AvgIpc) is 2.63. The molecule has 0 bridgehead atoms. The maximum Gasteiger partial charge on any atom is 0.326 e. The molecule has 0 aliphatic heterocycles. The second-order valence-corrected chi connectivity index (χ2v) is 8.17. The second-order valence-electron chi connectivity index (χ2n) is 8.17. The summed E-state index contributed by atoms with van der Waals surface area (Å²) in [6.45, 7) is 7.36. The maximum absolute atomic E-state index is 12.7. The lowest BCUT2D eigenvalue weighted by molar-refractivity contribution is -0.143. The largest absolute Gasteiger partial charge is 0.481 e. The van der Waals surface area contributed by atoms with Gasteiger partial charge in [-0.1, -0.05) is 58.0 Å². The highest BCUT2D eigenvalue weighted by molar-refractivity contribution is 5.91. The molecule has 0 aliphatic rings. The number of amides is 2. The Balaban J connectivity index is 2.91. The van der Waals surface area contributed by atoms with Crippen LogP contribution in [0.3, 0.4) is 0 Å². The monoisotopic (exact) mass is 406 g/mol. The van der Waals surface area contributed by atoms with Gasteiger partial charge in [-0.3, -0.25) is 14.4 Å². The molecule has 4 N–H and O–H groups in total. The van der Waals surface area contributed by atoms with Crippen LogP contribution in [0, 0.1) is 11.3 Å². The number of hydrogen-bond acceptors (Lipinski definition) is 4. The summed E-state index contributed by atoms with van der Waals surface area (Å²) in [4.78, 5) is 47.7. The van der Waals surface area contributed by atoms with Gasteiger partial charge in [-0.25, -0.2) is 4.79 Å². The minimum atomic E-state index is -1.21. The van der Waals surface area contributed by atoms with Crippen molar-refractivity contribution >= 4 is 23.8 Å². The van der Waals surface area contributed by atoms with E-state index < -0.39 is 41.8 Å². The number of carboxylic acids is 2. The van der Waals surface area contributed by atoms with Crippen LogP contribution in [0.1, 0.15) is 46.1 Å². The van der Waals surface area contributed by atoms with Crippen LogP contribution in [0.25, 0.3) is 0 Å². The van der Waals surface area contributed by atoms with Gasteiger partial charge in [-0.15, -0.1) is 0 Å². The molecule has 0 heterocycles. The summed E-state index contributed by atoms with van der Waals surface area (Å²) in [7, 11) is 0. The van der Waals surface area contributed by atoms with Gasteiger partial charge in [0.05, 0.1) is 0 Å². The molecule has 29 heavy (non-hydrogen) atoms. The minimum Gasteiger partial charge on any atom is -0.481 e. The molecule has 8 heteroatoms. The summed E-state index contributed by atoms with van der Waals surface area (Å²) in [6, 6.07) is 6.48. The van der Waals surface area contributed by atoms with Crippen LogP contribution < -0.4 is 10.6 Å². The lowest BCUT2D eigenvalue weighted by Crippen LogP contribution is -2.53. The fraction of sp³-hybridized carbons (Fsp3) is 0.524. The van der Waals surface area contributed by atoms with Gasteiger partial charge in [0.15, 0.2) is 0 Å². The Morgan fingerprint density at radius 3 is 1.97 bits per heavy atom. The van der Waals surface area contributed by atoms with Crippen molar-refractivity contribution in [2.45, 2.75) is 59.0 Å². The Bertz CT molecular complexity index is 726. The Kier molecular flexibility index (Phi) is 8.82. The number of rotatable bonds is 10. The van der Waals surface area contributed by atoms with Crippen LogP contribution >= 0.6 is 0 Å². The van der Waals surface area contributed by atoms with Gasteiger partial charge in [0.25, 0.3) is 0 Å². The number of carbonyl (C=O) groups excluding carboxylic acids is 2. The molecule has 0 aliphatic carbocycles. The molecule has 0 radical (unpaired) electrons. The Morgan fingerprint density at radius 2 is 1.48 bits per heavy atom. The molecule has 2 amide bonds. The lowest BCUT2D eigenvalue weighted by atomic mass is 9.81. The molecule has 8 nitrogen and oxygen atoms in total. The third kappa shape index (κ3) is 8.33. The van der Waals surface area contributed by atoms with Gasteiger partial charge in [0.2, 0.25) is 11.8 Å². The Morgan fingerprint density at radius 1 is 0.931 bits per heavy atom. The Labute approximate surface area is 170 Å². The molecule has 1 aromatic carbocycles. The minimum absolute atomic E-state index is 0.0693. The van der Waals surface area contributed by atoms with E-state index in [1.807, 2.05) is 20.8 Å². The zero-order chi connectivity index (χ0) is 22.2. The molecule has 0 aromatic heterocycles. The number of carbonyl (C=O) groups is 4. The van der Waals surface area contributed by atoms with Gasteiger partial charge >= 0.3 is 11.9 Å². The first kappa shape index (κ1) is 24.1. The van der Waals surface area contributed by atoms with Crippen LogP contribution in [0.2, 0.25) is 0 Å². The first-order valence-corrected chi connectivity index (χ1v) is 9.51. The molecular formula is C21H30N2O6. The van der Waals surface area contributed by atoms with Crippen molar-refractivity contribution in [3.63, 3.8) is 0 Å². The molecule has 1 rings (SSSR count). The molecular weight excluding hydrogens is 376 g/mol. The summed E-state index contributed by atoms with van der Waals surface area (Å²) in [5.41, 5.74) is 0.377. The van der Waals surface area contributed by atoms with Crippen molar-refractivity contribution in [2.24, 2.45) is 11.3 Å². The summed E-state index contributed by atoms with van der Waals surface area (Å²) in [6.07, 6.45) is -0.403. The molecule has 0 saturated carbocycles. The highest BCUT2D eigenvalue weighted by Gasteiger charge is 2.32. The lowest BCUT2D eigenvalue weighted by Gasteiger charge is -2.28. The standard InChI is InChI=1S/C21H30N2O6/c1-13(21(2,3)4)18(26)22-15(10-11-17(24)25)19(27)23-16(20(28)29)12-14-8-6-5-7-9-14/h5-9,13,15-16H,10-12H2,1-4H3,(H,22,26)(H,23,27)(H,24,25)(H,28,29). The van der Waals surface area contributed by atoms with E-state index in [-0.39, 0.29) is 24.7 Å². The van der Waals surface area contributed by atoms with E-state index >= 15 is 0 Å². The van der Waals surface area contributed by atoms with E-state index in [4.69, 9.17) is 5.11 Å². The zero-order valence-corrected chi connectivity index (χ0v) is 17.3.